The van der Waals surface area contributed by atoms with E-state index in [9.17, 15) is 14.4 Å². The standard InChI is InChI=1S/C16H22N2O4/c1-10-5-6-12(11(7-10)15(21)22)18-14(20)9-17-13(19)8-16(2,3)4/h5-7H,8-9H2,1-4H3,(H,17,19)(H,18,20)(H,21,22). The summed E-state index contributed by atoms with van der Waals surface area (Å²) >= 11 is 0. The summed E-state index contributed by atoms with van der Waals surface area (Å²) in [5, 5.41) is 14.2. The lowest BCUT2D eigenvalue weighted by molar-refractivity contribution is -0.125. The van der Waals surface area contributed by atoms with Crippen LogP contribution in [0.5, 0.6) is 0 Å². The van der Waals surface area contributed by atoms with Gasteiger partial charge in [-0.15, -0.1) is 0 Å². The Labute approximate surface area is 129 Å². The van der Waals surface area contributed by atoms with Crippen LogP contribution in [0, 0.1) is 12.3 Å². The van der Waals surface area contributed by atoms with Crippen molar-refractivity contribution in [1.82, 2.24) is 5.32 Å². The highest BCUT2D eigenvalue weighted by Gasteiger charge is 2.17. The normalized spacial score (nSPS) is 10.9. The number of carbonyl (C=O) groups excluding carboxylic acids is 2. The number of amides is 2. The summed E-state index contributed by atoms with van der Waals surface area (Å²) in [5.74, 6) is -1.80. The SMILES string of the molecule is Cc1ccc(NC(=O)CNC(=O)CC(C)(C)C)c(C(=O)O)c1. The first-order valence-corrected chi connectivity index (χ1v) is 6.99. The zero-order chi connectivity index (χ0) is 16.9. The molecule has 1 rings (SSSR count). The Bertz CT molecular complexity index is 588. The van der Waals surface area contributed by atoms with Crippen LogP contribution < -0.4 is 10.6 Å². The zero-order valence-corrected chi connectivity index (χ0v) is 13.3. The smallest absolute Gasteiger partial charge is 0.337 e. The molecule has 1 aromatic rings. The van der Waals surface area contributed by atoms with Crippen molar-refractivity contribution in [2.45, 2.75) is 34.1 Å². The van der Waals surface area contributed by atoms with Gasteiger partial charge in [-0.25, -0.2) is 4.79 Å². The topological polar surface area (TPSA) is 95.5 Å². The minimum Gasteiger partial charge on any atom is -0.478 e. The molecule has 120 valence electrons. The first kappa shape index (κ1) is 17.7. The Balaban J connectivity index is 2.63. The second-order valence-electron chi connectivity index (χ2n) is 6.42. The molecule has 0 saturated heterocycles. The van der Waals surface area contributed by atoms with Crippen molar-refractivity contribution in [3.63, 3.8) is 0 Å². The molecule has 0 atom stereocenters. The van der Waals surface area contributed by atoms with Crippen LogP contribution in [0.25, 0.3) is 0 Å². The van der Waals surface area contributed by atoms with Gasteiger partial charge in [0.15, 0.2) is 0 Å². The zero-order valence-electron chi connectivity index (χ0n) is 13.3. The van der Waals surface area contributed by atoms with Gasteiger partial charge in [-0.3, -0.25) is 9.59 Å². The van der Waals surface area contributed by atoms with Crippen molar-refractivity contribution in [1.29, 1.82) is 0 Å². The van der Waals surface area contributed by atoms with E-state index in [0.717, 1.165) is 5.56 Å². The fourth-order valence-electron chi connectivity index (χ4n) is 1.86. The van der Waals surface area contributed by atoms with Crippen LogP contribution in [0.15, 0.2) is 18.2 Å². The average Bonchev–Trinajstić information content (AvgIpc) is 2.36. The number of hydrogen-bond donors (Lipinski definition) is 3. The Morgan fingerprint density at radius 2 is 1.77 bits per heavy atom. The number of benzene rings is 1. The maximum Gasteiger partial charge on any atom is 0.337 e. The second-order valence-corrected chi connectivity index (χ2v) is 6.42. The van der Waals surface area contributed by atoms with E-state index in [1.165, 1.54) is 12.1 Å². The molecule has 22 heavy (non-hydrogen) atoms. The van der Waals surface area contributed by atoms with Crippen molar-refractivity contribution < 1.29 is 19.5 Å². The van der Waals surface area contributed by atoms with Crippen LogP contribution in [0.4, 0.5) is 5.69 Å². The molecule has 0 fully saturated rings. The largest absolute Gasteiger partial charge is 0.478 e. The van der Waals surface area contributed by atoms with Crippen LogP contribution >= 0.6 is 0 Å². The number of aromatic carboxylic acids is 1. The van der Waals surface area contributed by atoms with E-state index in [0.29, 0.717) is 6.42 Å². The Hall–Kier alpha value is -2.37. The third kappa shape index (κ3) is 5.95. The molecular weight excluding hydrogens is 284 g/mol. The molecule has 0 aliphatic heterocycles. The number of aryl methyl sites for hydroxylation is 1. The molecule has 0 unspecified atom stereocenters. The number of carboxylic acids is 1. The maximum atomic E-state index is 11.8. The molecule has 3 N–H and O–H groups in total. The fourth-order valence-corrected chi connectivity index (χ4v) is 1.86. The van der Waals surface area contributed by atoms with E-state index >= 15 is 0 Å². The minimum atomic E-state index is -1.12. The molecule has 0 spiro atoms. The fraction of sp³-hybridized carbons (Fsp3) is 0.438. The van der Waals surface area contributed by atoms with Crippen LogP contribution in [0.3, 0.4) is 0 Å². The summed E-state index contributed by atoms with van der Waals surface area (Å²) in [6.07, 6.45) is 0.311. The first-order chi connectivity index (χ1) is 10.1. The van der Waals surface area contributed by atoms with Crippen molar-refractivity contribution in [2.75, 3.05) is 11.9 Å². The van der Waals surface area contributed by atoms with E-state index in [4.69, 9.17) is 5.11 Å². The van der Waals surface area contributed by atoms with Crippen molar-refractivity contribution in [2.24, 2.45) is 5.41 Å². The van der Waals surface area contributed by atoms with Gasteiger partial charge < -0.3 is 15.7 Å². The highest BCUT2D eigenvalue weighted by Crippen LogP contribution is 2.18. The van der Waals surface area contributed by atoms with Crippen molar-refractivity contribution in [3.8, 4) is 0 Å². The van der Waals surface area contributed by atoms with E-state index in [-0.39, 0.29) is 29.1 Å². The summed E-state index contributed by atoms with van der Waals surface area (Å²) in [5.41, 5.74) is 0.866. The molecule has 0 aliphatic carbocycles. The third-order valence-corrected chi connectivity index (χ3v) is 2.82. The highest BCUT2D eigenvalue weighted by atomic mass is 16.4. The molecule has 0 bridgehead atoms. The van der Waals surface area contributed by atoms with E-state index in [1.807, 2.05) is 20.8 Å². The number of carbonyl (C=O) groups is 3. The maximum absolute atomic E-state index is 11.8. The second kappa shape index (κ2) is 7.06. The molecule has 6 heteroatoms. The lowest BCUT2D eigenvalue weighted by Crippen LogP contribution is -2.34. The number of carboxylic acid groups (broad SMARTS) is 1. The molecule has 0 radical (unpaired) electrons. The summed E-state index contributed by atoms with van der Waals surface area (Å²) in [6, 6.07) is 4.73. The minimum absolute atomic E-state index is 0.0226. The molecule has 0 heterocycles. The third-order valence-electron chi connectivity index (χ3n) is 2.82. The Morgan fingerprint density at radius 1 is 1.14 bits per heavy atom. The van der Waals surface area contributed by atoms with Gasteiger partial charge in [0.2, 0.25) is 11.8 Å². The predicted molar refractivity (Wildman–Crippen MR) is 83.8 cm³/mol. The number of anilines is 1. The highest BCUT2D eigenvalue weighted by molar-refractivity contribution is 6.01. The first-order valence-electron chi connectivity index (χ1n) is 6.99. The van der Waals surface area contributed by atoms with Crippen LogP contribution in [0.1, 0.15) is 43.1 Å². The van der Waals surface area contributed by atoms with Gasteiger partial charge in [0, 0.05) is 6.42 Å². The molecule has 0 aliphatic rings. The van der Waals surface area contributed by atoms with Crippen molar-refractivity contribution in [3.05, 3.63) is 29.3 Å². The van der Waals surface area contributed by atoms with E-state index < -0.39 is 11.9 Å². The summed E-state index contributed by atoms with van der Waals surface area (Å²) in [6.45, 7) is 7.36. The van der Waals surface area contributed by atoms with Crippen LogP contribution in [-0.2, 0) is 9.59 Å². The summed E-state index contributed by atoms with van der Waals surface area (Å²) in [7, 11) is 0. The molecule has 0 aromatic heterocycles. The lowest BCUT2D eigenvalue weighted by atomic mass is 9.92. The number of hydrogen-bond acceptors (Lipinski definition) is 3. The van der Waals surface area contributed by atoms with Crippen molar-refractivity contribution >= 4 is 23.5 Å². The molecule has 6 nitrogen and oxygen atoms in total. The molecule has 0 saturated carbocycles. The summed E-state index contributed by atoms with van der Waals surface area (Å²) < 4.78 is 0. The van der Waals surface area contributed by atoms with Gasteiger partial charge in [0.05, 0.1) is 17.8 Å². The van der Waals surface area contributed by atoms with Crippen LogP contribution in [0.2, 0.25) is 0 Å². The predicted octanol–water partition coefficient (Wildman–Crippen LogP) is 2.18. The monoisotopic (exact) mass is 306 g/mol. The van der Waals surface area contributed by atoms with E-state index in [1.54, 1.807) is 13.0 Å². The Morgan fingerprint density at radius 3 is 2.32 bits per heavy atom. The van der Waals surface area contributed by atoms with Gasteiger partial charge in [-0.2, -0.15) is 0 Å². The molecule has 1 aromatic carbocycles. The summed E-state index contributed by atoms with van der Waals surface area (Å²) in [4.78, 5) is 34.6. The molecular formula is C16H22N2O4. The van der Waals surface area contributed by atoms with Crippen LogP contribution in [-0.4, -0.2) is 29.4 Å². The number of nitrogens with one attached hydrogen (secondary N) is 2. The van der Waals surface area contributed by atoms with Gasteiger partial charge >= 0.3 is 5.97 Å². The van der Waals surface area contributed by atoms with Gasteiger partial charge in [-0.05, 0) is 24.5 Å². The molecule has 2 amide bonds. The van der Waals surface area contributed by atoms with Gasteiger partial charge in [0.25, 0.3) is 0 Å². The average molecular weight is 306 g/mol. The van der Waals surface area contributed by atoms with Gasteiger partial charge in [-0.1, -0.05) is 32.4 Å². The van der Waals surface area contributed by atoms with E-state index in [2.05, 4.69) is 10.6 Å². The van der Waals surface area contributed by atoms with Gasteiger partial charge in [0.1, 0.15) is 0 Å². The Kier molecular flexibility index (Phi) is 5.68. The quantitative estimate of drug-likeness (QED) is 0.777. The number of rotatable bonds is 5. The lowest BCUT2D eigenvalue weighted by Gasteiger charge is -2.17.